The minimum absolute atomic E-state index is 0.0443. The maximum atomic E-state index is 13.0. The smallest absolute Gasteiger partial charge is 0.388 e. The van der Waals surface area contributed by atoms with Gasteiger partial charge in [-0.05, 0) is 36.8 Å². The largest absolute Gasteiger partial charge is 0.437 e. The number of anilines is 1. The second-order valence-corrected chi connectivity index (χ2v) is 5.61. The summed E-state index contributed by atoms with van der Waals surface area (Å²) in [6, 6.07) is 9.48. The highest BCUT2D eigenvalue weighted by Crippen LogP contribution is 2.27. The van der Waals surface area contributed by atoms with Crippen LogP contribution in [0.4, 0.5) is 15.8 Å². The number of nitro benzene ring substituents is 1. The molecule has 0 fully saturated rings. The molecule has 1 aromatic heterocycles. The minimum Gasteiger partial charge on any atom is -0.388 e. The molecule has 138 valence electrons. The fraction of sp³-hybridized carbons (Fsp3) is 0.118. The van der Waals surface area contributed by atoms with E-state index in [2.05, 4.69) is 10.4 Å². The van der Waals surface area contributed by atoms with E-state index in [1.165, 1.54) is 36.4 Å². The molecule has 1 amide bonds. The second-order valence-electron chi connectivity index (χ2n) is 5.61. The van der Waals surface area contributed by atoms with Crippen LogP contribution in [-0.4, -0.2) is 20.6 Å². The number of benzene rings is 2. The lowest BCUT2D eigenvalue weighted by atomic mass is 10.1. The lowest BCUT2D eigenvalue weighted by Gasteiger charge is -2.08. The van der Waals surface area contributed by atoms with Gasteiger partial charge in [0.05, 0.1) is 4.92 Å². The number of rotatable bonds is 5. The van der Waals surface area contributed by atoms with Crippen molar-refractivity contribution in [3.63, 3.8) is 0 Å². The molecule has 0 unspecified atom stereocenters. The molecular formula is C17H13FN4O5. The maximum absolute atomic E-state index is 13.0. The molecule has 0 aliphatic rings. The molecule has 1 N–H and O–H groups in total. The summed E-state index contributed by atoms with van der Waals surface area (Å²) in [4.78, 5) is 34.6. The van der Waals surface area contributed by atoms with E-state index in [1.54, 1.807) is 13.0 Å². The van der Waals surface area contributed by atoms with Crippen LogP contribution in [0.2, 0.25) is 0 Å². The van der Waals surface area contributed by atoms with Crippen LogP contribution >= 0.6 is 0 Å². The van der Waals surface area contributed by atoms with Crippen molar-refractivity contribution < 1.29 is 18.5 Å². The Morgan fingerprint density at radius 3 is 2.67 bits per heavy atom. The van der Waals surface area contributed by atoms with Gasteiger partial charge in [0.2, 0.25) is 11.8 Å². The number of carbonyl (C=O) groups excluding carboxylic acids is 1. The zero-order chi connectivity index (χ0) is 19.6. The number of aryl methyl sites for hydroxylation is 1. The SMILES string of the molecule is Cc1cccc([N+](=O)[O-])c1NC(=O)Cn1nc(-c2ccc(F)cc2)oc1=O. The Kier molecular flexibility index (Phi) is 4.79. The molecule has 3 rings (SSSR count). The summed E-state index contributed by atoms with van der Waals surface area (Å²) in [5.74, 6) is -2.10. The summed E-state index contributed by atoms with van der Waals surface area (Å²) in [6.07, 6.45) is 0. The Morgan fingerprint density at radius 1 is 1.30 bits per heavy atom. The van der Waals surface area contributed by atoms with Gasteiger partial charge in [-0.25, -0.2) is 9.18 Å². The van der Waals surface area contributed by atoms with Crippen molar-refractivity contribution >= 4 is 17.3 Å². The van der Waals surface area contributed by atoms with E-state index in [-0.39, 0.29) is 17.3 Å². The van der Waals surface area contributed by atoms with Crippen molar-refractivity contribution in [3.05, 3.63) is 74.5 Å². The number of hydrogen-bond donors (Lipinski definition) is 1. The van der Waals surface area contributed by atoms with Crippen LogP contribution in [-0.2, 0) is 11.3 Å². The Labute approximate surface area is 151 Å². The van der Waals surface area contributed by atoms with Crippen LogP contribution in [0.1, 0.15) is 5.56 Å². The van der Waals surface area contributed by atoms with Gasteiger partial charge < -0.3 is 9.73 Å². The molecule has 0 atom stereocenters. The van der Waals surface area contributed by atoms with Crippen LogP contribution in [0.25, 0.3) is 11.5 Å². The highest BCUT2D eigenvalue weighted by Gasteiger charge is 2.19. The lowest BCUT2D eigenvalue weighted by molar-refractivity contribution is -0.384. The van der Waals surface area contributed by atoms with Crippen LogP contribution in [0, 0.1) is 22.9 Å². The Morgan fingerprint density at radius 2 is 2.00 bits per heavy atom. The molecule has 2 aromatic carbocycles. The summed E-state index contributed by atoms with van der Waals surface area (Å²) in [7, 11) is 0. The van der Waals surface area contributed by atoms with Gasteiger partial charge in [-0.3, -0.25) is 14.9 Å². The molecule has 0 radical (unpaired) electrons. The molecule has 0 saturated carbocycles. The normalized spacial score (nSPS) is 10.6. The zero-order valence-corrected chi connectivity index (χ0v) is 14.0. The van der Waals surface area contributed by atoms with Gasteiger partial charge in [-0.2, -0.15) is 4.68 Å². The van der Waals surface area contributed by atoms with E-state index < -0.39 is 28.9 Å². The quantitative estimate of drug-likeness (QED) is 0.543. The average molecular weight is 372 g/mol. The molecule has 27 heavy (non-hydrogen) atoms. The predicted octanol–water partition coefficient (Wildman–Crippen LogP) is 2.50. The molecule has 1 heterocycles. The highest BCUT2D eigenvalue weighted by atomic mass is 19.1. The molecule has 3 aromatic rings. The molecule has 0 spiro atoms. The minimum atomic E-state index is -0.885. The van der Waals surface area contributed by atoms with Gasteiger partial charge in [-0.1, -0.05) is 12.1 Å². The number of hydrogen-bond acceptors (Lipinski definition) is 6. The van der Waals surface area contributed by atoms with Gasteiger partial charge in [0.15, 0.2) is 0 Å². The van der Waals surface area contributed by atoms with Crippen molar-refractivity contribution in [3.8, 4) is 11.5 Å². The molecular weight excluding hydrogens is 359 g/mol. The van der Waals surface area contributed by atoms with Crippen molar-refractivity contribution in [2.75, 3.05) is 5.32 Å². The third kappa shape index (κ3) is 3.89. The first-order valence-electron chi connectivity index (χ1n) is 7.73. The predicted molar refractivity (Wildman–Crippen MR) is 92.6 cm³/mol. The third-order valence-electron chi connectivity index (χ3n) is 3.70. The number of nitrogens with zero attached hydrogens (tertiary/aromatic N) is 3. The van der Waals surface area contributed by atoms with Crippen LogP contribution < -0.4 is 11.1 Å². The van der Waals surface area contributed by atoms with E-state index >= 15 is 0 Å². The fourth-order valence-electron chi connectivity index (χ4n) is 2.40. The molecule has 0 bridgehead atoms. The molecule has 0 aliphatic heterocycles. The summed E-state index contributed by atoms with van der Waals surface area (Å²) in [6.45, 7) is 1.10. The van der Waals surface area contributed by atoms with Gasteiger partial charge in [0.1, 0.15) is 18.0 Å². The first-order valence-corrected chi connectivity index (χ1v) is 7.73. The fourth-order valence-corrected chi connectivity index (χ4v) is 2.40. The van der Waals surface area contributed by atoms with Gasteiger partial charge >= 0.3 is 5.76 Å². The monoisotopic (exact) mass is 372 g/mol. The van der Waals surface area contributed by atoms with Crippen LogP contribution in [0.5, 0.6) is 0 Å². The van der Waals surface area contributed by atoms with E-state index in [0.717, 1.165) is 4.68 Å². The number of nitro groups is 1. The van der Waals surface area contributed by atoms with Crippen molar-refractivity contribution in [1.82, 2.24) is 9.78 Å². The summed E-state index contributed by atoms with van der Waals surface area (Å²) in [5, 5.41) is 17.4. The number of carbonyl (C=O) groups is 1. The average Bonchev–Trinajstić information content (AvgIpc) is 2.97. The number of nitrogens with one attached hydrogen (secondary N) is 1. The molecule has 10 heteroatoms. The van der Waals surface area contributed by atoms with Crippen molar-refractivity contribution in [2.24, 2.45) is 0 Å². The Hall–Kier alpha value is -3.82. The summed E-state index contributed by atoms with van der Waals surface area (Å²) < 4.78 is 18.7. The van der Waals surface area contributed by atoms with Gasteiger partial charge in [0, 0.05) is 11.6 Å². The molecule has 0 aliphatic carbocycles. The highest BCUT2D eigenvalue weighted by molar-refractivity contribution is 5.93. The van der Waals surface area contributed by atoms with E-state index in [9.17, 15) is 24.1 Å². The number of aromatic nitrogens is 2. The van der Waals surface area contributed by atoms with Crippen LogP contribution in [0.3, 0.4) is 0 Å². The summed E-state index contributed by atoms with van der Waals surface area (Å²) in [5.41, 5.74) is 0.643. The second kappa shape index (κ2) is 7.20. The molecule has 9 nitrogen and oxygen atoms in total. The zero-order valence-electron chi connectivity index (χ0n) is 14.0. The van der Waals surface area contributed by atoms with Crippen molar-refractivity contribution in [2.45, 2.75) is 13.5 Å². The van der Waals surface area contributed by atoms with E-state index in [1.807, 2.05) is 0 Å². The van der Waals surface area contributed by atoms with Gasteiger partial charge in [0.25, 0.3) is 5.69 Å². The van der Waals surface area contributed by atoms with E-state index in [4.69, 9.17) is 4.42 Å². The third-order valence-corrected chi connectivity index (χ3v) is 3.70. The van der Waals surface area contributed by atoms with Gasteiger partial charge in [-0.15, -0.1) is 5.10 Å². The Bertz CT molecular complexity index is 1070. The van der Waals surface area contributed by atoms with Crippen LogP contribution in [0.15, 0.2) is 51.7 Å². The first-order chi connectivity index (χ1) is 12.8. The first kappa shape index (κ1) is 18.0. The topological polar surface area (TPSA) is 120 Å². The number of amides is 1. The Balaban J connectivity index is 1.81. The maximum Gasteiger partial charge on any atom is 0.437 e. The lowest BCUT2D eigenvalue weighted by Crippen LogP contribution is -2.26. The number of halogens is 1. The van der Waals surface area contributed by atoms with Crippen molar-refractivity contribution in [1.29, 1.82) is 0 Å². The number of para-hydroxylation sites is 1. The molecule has 0 saturated heterocycles. The standard InChI is InChI=1S/C17H13FN4O5/c1-10-3-2-4-13(22(25)26)15(10)19-14(23)9-21-17(24)27-16(20-21)11-5-7-12(18)8-6-11/h2-8H,9H2,1H3,(H,19,23). The summed E-state index contributed by atoms with van der Waals surface area (Å²) >= 11 is 0. The van der Waals surface area contributed by atoms with E-state index in [0.29, 0.717) is 11.1 Å².